The van der Waals surface area contributed by atoms with Crippen LogP contribution >= 0.6 is 0 Å². The number of benzene rings is 2. The van der Waals surface area contributed by atoms with Crippen LogP contribution in [0, 0.1) is 0 Å². The van der Waals surface area contributed by atoms with Crippen LogP contribution in [0.25, 0.3) is 0 Å². The Balaban J connectivity index is 1.41. The second-order valence-corrected chi connectivity index (χ2v) is 12.4. The number of ether oxygens (including phenoxy) is 2. The lowest BCUT2D eigenvalue weighted by atomic mass is 10.0. The molecule has 0 radical (unpaired) electrons. The molecule has 2 N–H and O–H groups in total. The second-order valence-electron chi connectivity index (χ2n) is 12.4. The largest absolute Gasteiger partial charge is 0.488 e. The topological polar surface area (TPSA) is 129 Å². The number of rotatable bonds is 8. The van der Waals surface area contributed by atoms with Gasteiger partial charge in [0.1, 0.15) is 18.4 Å². The molecule has 0 saturated carbocycles. The number of nitrogens with one attached hydrogen (secondary N) is 1. The number of fused-ring (bicyclic) bond motifs is 1. The summed E-state index contributed by atoms with van der Waals surface area (Å²) >= 11 is 0. The predicted octanol–water partition coefficient (Wildman–Crippen LogP) is 3.53. The summed E-state index contributed by atoms with van der Waals surface area (Å²) < 4.78 is 11.9. The Labute approximate surface area is 251 Å². The summed E-state index contributed by atoms with van der Waals surface area (Å²) in [6, 6.07) is 10.8. The predicted molar refractivity (Wildman–Crippen MR) is 157 cm³/mol. The highest BCUT2D eigenvalue weighted by Crippen LogP contribution is 2.38. The van der Waals surface area contributed by atoms with E-state index in [4.69, 9.17) is 9.47 Å². The first-order valence-corrected chi connectivity index (χ1v) is 14.8. The molecule has 43 heavy (non-hydrogen) atoms. The van der Waals surface area contributed by atoms with E-state index in [0.717, 1.165) is 38.4 Å². The van der Waals surface area contributed by atoms with Gasteiger partial charge in [0.2, 0.25) is 11.8 Å². The fourth-order valence-corrected chi connectivity index (χ4v) is 5.83. The van der Waals surface area contributed by atoms with Gasteiger partial charge in [-0.3, -0.25) is 29.5 Å². The van der Waals surface area contributed by atoms with Crippen molar-refractivity contribution in [3.63, 3.8) is 0 Å². The van der Waals surface area contributed by atoms with Crippen LogP contribution in [0.5, 0.6) is 5.75 Å². The zero-order chi connectivity index (χ0) is 30.7. The average molecular weight is 593 g/mol. The van der Waals surface area contributed by atoms with E-state index >= 15 is 0 Å². The normalized spacial score (nSPS) is 19.6. The Morgan fingerprint density at radius 3 is 2.44 bits per heavy atom. The maximum absolute atomic E-state index is 13.6. The van der Waals surface area contributed by atoms with E-state index in [-0.39, 0.29) is 37.9 Å². The van der Waals surface area contributed by atoms with Crippen LogP contribution in [0.3, 0.4) is 0 Å². The summed E-state index contributed by atoms with van der Waals surface area (Å²) in [4.78, 5) is 55.7. The zero-order valence-corrected chi connectivity index (χ0v) is 25.1. The molecule has 0 aromatic heterocycles. The van der Waals surface area contributed by atoms with E-state index in [9.17, 15) is 24.3 Å². The third kappa shape index (κ3) is 7.00. The van der Waals surface area contributed by atoms with E-state index in [2.05, 4.69) is 22.3 Å². The van der Waals surface area contributed by atoms with Gasteiger partial charge < -0.3 is 19.5 Å². The van der Waals surface area contributed by atoms with Gasteiger partial charge in [0.05, 0.1) is 26.3 Å². The molecule has 3 aliphatic rings. The van der Waals surface area contributed by atoms with Crippen LogP contribution in [-0.4, -0.2) is 81.5 Å². The second kappa shape index (κ2) is 12.7. The zero-order valence-electron chi connectivity index (χ0n) is 25.1. The number of carboxylic acid groups (broad SMARTS) is 1. The number of carbonyl (C=O) groups excluding carboxylic acids is 3. The first-order chi connectivity index (χ1) is 20.5. The Kier molecular flexibility index (Phi) is 9.03. The lowest BCUT2D eigenvalue weighted by Gasteiger charge is -2.33. The van der Waals surface area contributed by atoms with Crippen molar-refractivity contribution in [1.29, 1.82) is 0 Å². The molecule has 2 fully saturated rings. The molecule has 230 valence electrons. The molecule has 1 atom stereocenters. The average Bonchev–Trinajstić information content (AvgIpc) is 3.19. The summed E-state index contributed by atoms with van der Waals surface area (Å²) in [6.45, 7) is 10.0. The maximum atomic E-state index is 13.6. The number of amides is 4. The van der Waals surface area contributed by atoms with Crippen molar-refractivity contribution < 1.29 is 33.8 Å². The molecule has 0 spiro atoms. The highest BCUT2D eigenvalue weighted by atomic mass is 16.5. The smallest absolute Gasteiger partial charge is 0.408 e. The lowest BCUT2D eigenvalue weighted by molar-refractivity contribution is -0.132. The van der Waals surface area contributed by atoms with Gasteiger partial charge in [-0.05, 0) is 50.8 Å². The number of morpholine rings is 1. The Morgan fingerprint density at radius 2 is 1.77 bits per heavy atom. The Hall–Kier alpha value is -3.96. The number of hydrogen-bond acceptors (Lipinski definition) is 7. The minimum absolute atomic E-state index is 0.0620. The van der Waals surface area contributed by atoms with Gasteiger partial charge in [0.25, 0.3) is 5.91 Å². The molecule has 3 heterocycles. The molecular formula is C32H40N4O7. The van der Waals surface area contributed by atoms with Crippen molar-refractivity contribution in [3.8, 4) is 5.75 Å². The summed E-state index contributed by atoms with van der Waals surface area (Å²) in [6.07, 6.45) is 0.0528. The van der Waals surface area contributed by atoms with Gasteiger partial charge in [0.15, 0.2) is 0 Å². The molecule has 0 bridgehead atoms. The highest BCUT2D eigenvalue weighted by molar-refractivity contribution is 6.04. The van der Waals surface area contributed by atoms with Crippen molar-refractivity contribution in [2.75, 3.05) is 26.3 Å². The first kappa shape index (κ1) is 30.5. The summed E-state index contributed by atoms with van der Waals surface area (Å²) in [5.41, 5.74) is 3.12. The van der Waals surface area contributed by atoms with Crippen LogP contribution < -0.4 is 10.1 Å². The summed E-state index contributed by atoms with van der Waals surface area (Å²) in [5, 5.41) is 12.4. The van der Waals surface area contributed by atoms with Crippen LogP contribution in [0.1, 0.15) is 72.6 Å². The van der Waals surface area contributed by atoms with Crippen molar-refractivity contribution >= 4 is 23.8 Å². The molecule has 2 aromatic carbocycles. The number of nitrogens with zero attached hydrogens (tertiary/aromatic N) is 3. The van der Waals surface area contributed by atoms with Gasteiger partial charge in [-0.15, -0.1) is 0 Å². The number of imide groups is 1. The molecule has 2 saturated heterocycles. The van der Waals surface area contributed by atoms with E-state index < -0.39 is 23.6 Å². The van der Waals surface area contributed by atoms with Gasteiger partial charge >= 0.3 is 6.09 Å². The quantitative estimate of drug-likeness (QED) is 0.446. The van der Waals surface area contributed by atoms with Crippen LogP contribution in [-0.2, 0) is 40.6 Å². The fraction of sp³-hybridized carbons (Fsp3) is 0.500. The van der Waals surface area contributed by atoms with Crippen molar-refractivity contribution in [2.45, 2.75) is 77.9 Å². The highest BCUT2D eigenvalue weighted by Gasteiger charge is 2.40. The molecular weight excluding hydrogens is 552 g/mol. The van der Waals surface area contributed by atoms with Crippen LogP contribution in [0.4, 0.5) is 4.79 Å². The molecule has 11 heteroatoms. The van der Waals surface area contributed by atoms with Gasteiger partial charge in [0, 0.05) is 48.3 Å². The Morgan fingerprint density at radius 1 is 1.07 bits per heavy atom. The number of carbonyl (C=O) groups is 4. The van der Waals surface area contributed by atoms with E-state index in [0.29, 0.717) is 35.3 Å². The van der Waals surface area contributed by atoms with Crippen molar-refractivity contribution in [2.24, 2.45) is 0 Å². The SMILES string of the molecule is CC(C)(C)N(Cc1ccc2c(c1OCc1ccc(CN3CCOCC3)cc1)CN([C@H]1CCCC(=O)NC1=O)C2=O)C(=O)O. The maximum Gasteiger partial charge on any atom is 0.408 e. The standard InChI is InChI=1S/C32H40N4O7/c1-32(2,3)36(31(40)41)18-23-11-12-24-25(19-35(30(24)39)26-5-4-6-27(37)33-29(26)38)28(23)43-20-22-9-7-21(8-10-22)17-34-13-15-42-16-14-34/h7-12,26H,4-6,13-20H2,1-3H3,(H,40,41)(H,33,37,38)/t26-/m0/s1. The van der Waals surface area contributed by atoms with Crippen molar-refractivity contribution in [3.05, 3.63) is 64.2 Å². The lowest BCUT2D eigenvalue weighted by Crippen LogP contribution is -2.46. The molecule has 0 aliphatic carbocycles. The van der Waals surface area contributed by atoms with Crippen LogP contribution in [0.15, 0.2) is 36.4 Å². The third-order valence-electron chi connectivity index (χ3n) is 8.27. The molecule has 2 aromatic rings. The van der Waals surface area contributed by atoms with Gasteiger partial charge in [-0.2, -0.15) is 0 Å². The fourth-order valence-electron chi connectivity index (χ4n) is 5.83. The molecule has 4 amide bonds. The van der Waals surface area contributed by atoms with Gasteiger partial charge in [-0.1, -0.05) is 30.3 Å². The van der Waals surface area contributed by atoms with E-state index in [1.165, 1.54) is 15.4 Å². The summed E-state index contributed by atoms with van der Waals surface area (Å²) in [7, 11) is 0. The Bertz CT molecular complexity index is 1380. The van der Waals surface area contributed by atoms with E-state index in [1.54, 1.807) is 12.1 Å². The van der Waals surface area contributed by atoms with Crippen molar-refractivity contribution in [1.82, 2.24) is 20.0 Å². The first-order valence-electron chi connectivity index (χ1n) is 14.8. The summed E-state index contributed by atoms with van der Waals surface area (Å²) in [5.74, 6) is -0.672. The molecule has 11 nitrogen and oxygen atoms in total. The monoisotopic (exact) mass is 592 g/mol. The van der Waals surface area contributed by atoms with Gasteiger partial charge in [-0.25, -0.2) is 4.79 Å². The minimum Gasteiger partial charge on any atom is -0.488 e. The molecule has 5 rings (SSSR count). The molecule has 0 unspecified atom stereocenters. The van der Waals surface area contributed by atoms with E-state index in [1.807, 2.05) is 32.9 Å². The van der Waals surface area contributed by atoms with Crippen LogP contribution in [0.2, 0.25) is 0 Å². The molecule has 3 aliphatic heterocycles. The number of hydrogen-bond donors (Lipinski definition) is 2. The minimum atomic E-state index is -1.06. The third-order valence-corrected chi connectivity index (χ3v) is 8.27.